The van der Waals surface area contributed by atoms with E-state index in [0.29, 0.717) is 0 Å². The summed E-state index contributed by atoms with van der Waals surface area (Å²) in [6.45, 7) is 3.08. The maximum atomic E-state index is 14.1. The maximum absolute atomic E-state index is 14.1. The van der Waals surface area contributed by atoms with Gasteiger partial charge in [0.25, 0.3) is 0 Å². The van der Waals surface area contributed by atoms with Crippen molar-refractivity contribution in [2.24, 2.45) is 5.92 Å². The third kappa shape index (κ3) is 3.21. The molecule has 1 aliphatic heterocycles. The monoisotopic (exact) mass is 302 g/mol. The molecule has 0 amide bonds. The molecular formula is C15H18F4N2. The van der Waals surface area contributed by atoms with Crippen molar-refractivity contribution in [1.82, 2.24) is 10.2 Å². The highest BCUT2D eigenvalue weighted by atomic mass is 19.4. The Morgan fingerprint density at radius 3 is 2.38 bits per heavy atom. The van der Waals surface area contributed by atoms with Gasteiger partial charge >= 0.3 is 6.18 Å². The SMILES string of the molecule is Fc1ccc(C(F)(F)F)cc1[C@@H](C1CC1)N1CCNCC1. The van der Waals surface area contributed by atoms with Gasteiger partial charge in [0.05, 0.1) is 5.56 Å². The summed E-state index contributed by atoms with van der Waals surface area (Å²) in [5.41, 5.74) is -0.561. The van der Waals surface area contributed by atoms with Crippen molar-refractivity contribution in [1.29, 1.82) is 0 Å². The van der Waals surface area contributed by atoms with Crippen LogP contribution in [0.4, 0.5) is 17.6 Å². The third-order valence-corrected chi connectivity index (χ3v) is 4.26. The quantitative estimate of drug-likeness (QED) is 0.863. The molecule has 1 saturated carbocycles. The maximum Gasteiger partial charge on any atom is 0.416 e. The highest BCUT2D eigenvalue weighted by molar-refractivity contribution is 5.31. The summed E-state index contributed by atoms with van der Waals surface area (Å²) in [6, 6.07) is 2.55. The van der Waals surface area contributed by atoms with E-state index >= 15 is 0 Å². The van der Waals surface area contributed by atoms with Gasteiger partial charge in [0.1, 0.15) is 5.82 Å². The van der Waals surface area contributed by atoms with E-state index in [-0.39, 0.29) is 17.5 Å². The predicted molar refractivity (Wildman–Crippen MR) is 71.3 cm³/mol. The Kier molecular flexibility index (Phi) is 3.92. The van der Waals surface area contributed by atoms with E-state index in [4.69, 9.17) is 0 Å². The van der Waals surface area contributed by atoms with E-state index in [1.165, 1.54) is 0 Å². The standard InChI is InChI=1S/C15H18F4N2/c16-13-4-3-11(15(17,18)19)9-12(13)14(10-1-2-10)21-7-5-20-6-8-21/h3-4,9-10,14,20H,1-2,5-8H2/t14-/m1/s1. The van der Waals surface area contributed by atoms with Crippen LogP contribution in [0, 0.1) is 11.7 Å². The first kappa shape index (κ1) is 14.8. The van der Waals surface area contributed by atoms with Gasteiger partial charge in [-0.3, -0.25) is 4.90 Å². The van der Waals surface area contributed by atoms with E-state index in [9.17, 15) is 17.6 Å². The zero-order valence-electron chi connectivity index (χ0n) is 11.6. The fourth-order valence-electron chi connectivity index (χ4n) is 3.07. The minimum absolute atomic E-state index is 0.203. The molecule has 116 valence electrons. The number of nitrogens with one attached hydrogen (secondary N) is 1. The van der Waals surface area contributed by atoms with Crippen LogP contribution in [0.15, 0.2) is 18.2 Å². The van der Waals surface area contributed by atoms with Crippen molar-refractivity contribution in [2.75, 3.05) is 26.2 Å². The highest BCUT2D eigenvalue weighted by Gasteiger charge is 2.39. The largest absolute Gasteiger partial charge is 0.416 e. The Balaban J connectivity index is 1.94. The molecule has 1 aromatic rings. The number of nitrogens with zero attached hydrogens (tertiary/aromatic N) is 1. The van der Waals surface area contributed by atoms with Crippen LogP contribution in [0.2, 0.25) is 0 Å². The Bertz CT molecular complexity index is 505. The number of halogens is 4. The van der Waals surface area contributed by atoms with Crippen molar-refractivity contribution in [3.63, 3.8) is 0 Å². The van der Waals surface area contributed by atoms with Gasteiger partial charge in [-0.25, -0.2) is 4.39 Å². The molecule has 1 atom stereocenters. The zero-order chi connectivity index (χ0) is 15.0. The summed E-state index contributed by atoms with van der Waals surface area (Å²) >= 11 is 0. The molecule has 0 aromatic heterocycles. The predicted octanol–water partition coefficient (Wildman–Crippen LogP) is 3.20. The van der Waals surface area contributed by atoms with Crippen molar-refractivity contribution < 1.29 is 17.6 Å². The lowest BCUT2D eigenvalue weighted by Gasteiger charge is -2.35. The molecule has 0 unspecified atom stereocenters. The van der Waals surface area contributed by atoms with E-state index in [0.717, 1.165) is 57.2 Å². The topological polar surface area (TPSA) is 15.3 Å². The van der Waals surface area contributed by atoms with Gasteiger partial charge in [-0.05, 0) is 37.0 Å². The fraction of sp³-hybridized carbons (Fsp3) is 0.600. The Morgan fingerprint density at radius 2 is 1.81 bits per heavy atom. The molecule has 6 heteroatoms. The van der Waals surface area contributed by atoms with Gasteiger partial charge < -0.3 is 5.32 Å². The molecule has 2 nitrogen and oxygen atoms in total. The number of benzene rings is 1. The van der Waals surface area contributed by atoms with Crippen LogP contribution >= 0.6 is 0 Å². The van der Waals surface area contributed by atoms with E-state index in [1.54, 1.807) is 0 Å². The lowest BCUT2D eigenvalue weighted by atomic mass is 9.97. The number of hydrogen-bond donors (Lipinski definition) is 1. The molecule has 2 aliphatic rings. The van der Waals surface area contributed by atoms with Crippen LogP contribution in [0.25, 0.3) is 0 Å². The van der Waals surface area contributed by atoms with Crippen molar-refractivity contribution in [2.45, 2.75) is 25.1 Å². The van der Waals surface area contributed by atoms with Gasteiger partial charge in [0.2, 0.25) is 0 Å². The van der Waals surface area contributed by atoms with Gasteiger partial charge in [0, 0.05) is 37.8 Å². The smallest absolute Gasteiger partial charge is 0.314 e. The van der Waals surface area contributed by atoms with Crippen LogP contribution in [0.3, 0.4) is 0 Å². The molecule has 3 rings (SSSR count). The average molecular weight is 302 g/mol. The van der Waals surface area contributed by atoms with Crippen molar-refractivity contribution in [3.05, 3.63) is 35.1 Å². The summed E-state index contributed by atoms with van der Waals surface area (Å²) in [5.74, 6) is -0.250. The van der Waals surface area contributed by atoms with E-state index < -0.39 is 17.6 Å². The van der Waals surface area contributed by atoms with Crippen molar-refractivity contribution >= 4 is 0 Å². The van der Waals surface area contributed by atoms with E-state index in [1.807, 2.05) is 0 Å². The summed E-state index contributed by atoms with van der Waals surface area (Å²) in [7, 11) is 0. The summed E-state index contributed by atoms with van der Waals surface area (Å²) in [4.78, 5) is 2.12. The van der Waals surface area contributed by atoms with Gasteiger partial charge in [-0.15, -0.1) is 0 Å². The second-order valence-electron chi connectivity index (χ2n) is 5.80. The van der Waals surface area contributed by atoms with Crippen LogP contribution in [-0.2, 0) is 6.18 Å². The highest BCUT2D eigenvalue weighted by Crippen LogP contribution is 2.46. The van der Waals surface area contributed by atoms with Crippen LogP contribution in [-0.4, -0.2) is 31.1 Å². The molecule has 0 bridgehead atoms. The molecule has 1 heterocycles. The number of hydrogen-bond acceptors (Lipinski definition) is 2. The van der Waals surface area contributed by atoms with Crippen molar-refractivity contribution in [3.8, 4) is 0 Å². The number of rotatable bonds is 3. The number of piperazine rings is 1. The second kappa shape index (κ2) is 5.57. The van der Waals surface area contributed by atoms with E-state index in [2.05, 4.69) is 10.2 Å². The molecule has 1 aromatic carbocycles. The second-order valence-corrected chi connectivity index (χ2v) is 5.80. The van der Waals surface area contributed by atoms with Gasteiger partial charge in [-0.1, -0.05) is 0 Å². The number of alkyl halides is 3. The molecule has 2 fully saturated rings. The lowest BCUT2D eigenvalue weighted by Crippen LogP contribution is -2.45. The van der Waals surface area contributed by atoms with Gasteiger partial charge in [-0.2, -0.15) is 13.2 Å². The van der Waals surface area contributed by atoms with Crippen LogP contribution in [0.1, 0.15) is 30.0 Å². The van der Waals surface area contributed by atoms with Crippen LogP contribution in [0.5, 0.6) is 0 Å². The normalized spacial score (nSPS) is 22.3. The molecule has 1 saturated heterocycles. The Hall–Kier alpha value is -1.14. The summed E-state index contributed by atoms with van der Waals surface area (Å²) in [5, 5.41) is 3.22. The first-order chi connectivity index (χ1) is 9.97. The summed E-state index contributed by atoms with van der Waals surface area (Å²) < 4.78 is 52.8. The first-order valence-corrected chi connectivity index (χ1v) is 7.28. The lowest BCUT2D eigenvalue weighted by molar-refractivity contribution is -0.137. The molecular weight excluding hydrogens is 284 g/mol. The minimum Gasteiger partial charge on any atom is -0.314 e. The van der Waals surface area contributed by atoms with Crippen LogP contribution < -0.4 is 5.32 Å². The Morgan fingerprint density at radius 1 is 1.14 bits per heavy atom. The third-order valence-electron chi connectivity index (χ3n) is 4.26. The summed E-state index contributed by atoms with van der Waals surface area (Å²) in [6.07, 6.45) is -2.51. The average Bonchev–Trinajstić information content (AvgIpc) is 3.26. The molecule has 21 heavy (non-hydrogen) atoms. The fourth-order valence-corrected chi connectivity index (χ4v) is 3.07. The Labute approximate surface area is 121 Å². The first-order valence-electron chi connectivity index (χ1n) is 7.28. The molecule has 0 spiro atoms. The minimum atomic E-state index is -4.43. The zero-order valence-corrected chi connectivity index (χ0v) is 11.6. The molecule has 1 aliphatic carbocycles. The molecule has 0 radical (unpaired) electrons. The molecule has 1 N–H and O–H groups in total. The van der Waals surface area contributed by atoms with Gasteiger partial charge in [0.15, 0.2) is 0 Å².